The van der Waals surface area contributed by atoms with Gasteiger partial charge < -0.3 is 14.3 Å². The third kappa shape index (κ3) is 3.40. The summed E-state index contributed by atoms with van der Waals surface area (Å²) in [5.41, 5.74) is 0. The van der Waals surface area contributed by atoms with Gasteiger partial charge in [-0.3, -0.25) is 0 Å². The van der Waals surface area contributed by atoms with E-state index in [2.05, 4.69) is 10.1 Å². The zero-order valence-electron chi connectivity index (χ0n) is 11.6. The molecule has 7 heteroatoms. The number of carbonyl (C=O) groups is 1. The topological polar surface area (TPSA) is 62.5 Å². The number of urea groups is 1. The van der Waals surface area contributed by atoms with Gasteiger partial charge in [-0.1, -0.05) is 5.16 Å². The van der Waals surface area contributed by atoms with Crippen LogP contribution < -0.4 is 0 Å². The molecular formula is C12H20N4O2S. The molecule has 2 heterocycles. The highest BCUT2D eigenvalue weighted by Gasteiger charge is 2.29. The summed E-state index contributed by atoms with van der Waals surface area (Å²) >= 11 is 1.67. The van der Waals surface area contributed by atoms with Gasteiger partial charge in [-0.25, -0.2) is 4.79 Å². The minimum atomic E-state index is 0.0496. The molecule has 2 amide bonds. The van der Waals surface area contributed by atoms with Crippen LogP contribution in [0.2, 0.25) is 0 Å². The molecular weight excluding hydrogens is 264 g/mol. The standard InChI is InChI=1S/C12H20N4O2S/c1-15(2)12(17)16-6-4-5-9(7-16)11-13-10(8-19-3)14-18-11/h9H,4-8H2,1-3H3/t9-/m0/s1. The molecule has 106 valence electrons. The van der Waals surface area contributed by atoms with Gasteiger partial charge in [-0.05, 0) is 19.1 Å². The Balaban J connectivity index is 2.01. The predicted molar refractivity (Wildman–Crippen MR) is 74.1 cm³/mol. The molecule has 0 aromatic carbocycles. The lowest BCUT2D eigenvalue weighted by Crippen LogP contribution is -2.44. The number of piperidine rings is 1. The summed E-state index contributed by atoms with van der Waals surface area (Å²) in [5, 5.41) is 3.97. The maximum absolute atomic E-state index is 12.0. The molecule has 0 aliphatic carbocycles. The average Bonchev–Trinajstić information content (AvgIpc) is 2.87. The summed E-state index contributed by atoms with van der Waals surface area (Å²) in [5.74, 6) is 2.33. The number of thioether (sulfide) groups is 1. The van der Waals surface area contributed by atoms with E-state index in [4.69, 9.17) is 4.52 Å². The van der Waals surface area contributed by atoms with Crippen LogP contribution in [0.1, 0.15) is 30.5 Å². The van der Waals surface area contributed by atoms with Crippen LogP contribution in [-0.2, 0) is 5.75 Å². The van der Waals surface area contributed by atoms with Gasteiger partial charge in [-0.15, -0.1) is 0 Å². The van der Waals surface area contributed by atoms with Gasteiger partial charge in [0.05, 0.1) is 11.7 Å². The van der Waals surface area contributed by atoms with Crippen LogP contribution in [0, 0.1) is 0 Å². The second-order valence-corrected chi connectivity index (χ2v) is 5.81. The van der Waals surface area contributed by atoms with Crippen LogP contribution in [0.4, 0.5) is 4.79 Å². The maximum Gasteiger partial charge on any atom is 0.319 e. The molecule has 0 unspecified atom stereocenters. The van der Waals surface area contributed by atoms with E-state index in [1.165, 1.54) is 0 Å². The number of hydrogen-bond donors (Lipinski definition) is 0. The second-order valence-electron chi connectivity index (χ2n) is 4.94. The number of rotatable bonds is 3. The van der Waals surface area contributed by atoms with Gasteiger partial charge in [0.2, 0.25) is 5.89 Å². The molecule has 1 aliphatic heterocycles. The first-order valence-electron chi connectivity index (χ1n) is 6.39. The number of hydrogen-bond acceptors (Lipinski definition) is 5. The SMILES string of the molecule is CSCc1noc([C@H]2CCCN(C(=O)N(C)C)C2)n1. The summed E-state index contributed by atoms with van der Waals surface area (Å²) in [4.78, 5) is 19.8. The second kappa shape index (κ2) is 6.27. The Hall–Kier alpha value is -1.24. The zero-order chi connectivity index (χ0) is 13.8. The van der Waals surface area contributed by atoms with Crippen molar-refractivity contribution in [1.29, 1.82) is 0 Å². The number of aromatic nitrogens is 2. The van der Waals surface area contributed by atoms with E-state index >= 15 is 0 Å². The lowest BCUT2D eigenvalue weighted by atomic mass is 9.98. The van der Waals surface area contributed by atoms with Crippen molar-refractivity contribution in [3.63, 3.8) is 0 Å². The quantitative estimate of drug-likeness (QED) is 0.847. The molecule has 1 fully saturated rings. The monoisotopic (exact) mass is 284 g/mol. The normalized spacial score (nSPS) is 19.5. The van der Waals surface area contributed by atoms with Gasteiger partial charge in [0.15, 0.2) is 5.82 Å². The maximum atomic E-state index is 12.0. The zero-order valence-corrected chi connectivity index (χ0v) is 12.4. The molecule has 0 N–H and O–H groups in total. The van der Waals surface area contributed by atoms with Crippen molar-refractivity contribution in [2.75, 3.05) is 33.4 Å². The molecule has 19 heavy (non-hydrogen) atoms. The van der Waals surface area contributed by atoms with Gasteiger partial charge in [0, 0.05) is 27.2 Å². The third-order valence-corrected chi connectivity index (χ3v) is 3.73. The van der Waals surface area contributed by atoms with E-state index in [1.54, 1.807) is 30.8 Å². The van der Waals surface area contributed by atoms with E-state index in [0.29, 0.717) is 12.4 Å². The Morgan fingerprint density at radius 2 is 2.37 bits per heavy atom. The lowest BCUT2D eigenvalue weighted by Gasteiger charge is -2.32. The van der Waals surface area contributed by atoms with E-state index in [9.17, 15) is 4.79 Å². The summed E-state index contributed by atoms with van der Waals surface area (Å²) in [6, 6.07) is 0.0496. The van der Waals surface area contributed by atoms with Crippen molar-refractivity contribution in [2.45, 2.75) is 24.5 Å². The van der Waals surface area contributed by atoms with Crippen LogP contribution in [0.15, 0.2) is 4.52 Å². The van der Waals surface area contributed by atoms with E-state index in [-0.39, 0.29) is 11.9 Å². The van der Waals surface area contributed by atoms with Crippen molar-refractivity contribution in [3.05, 3.63) is 11.7 Å². The highest BCUT2D eigenvalue weighted by Crippen LogP contribution is 2.26. The van der Waals surface area contributed by atoms with Gasteiger partial charge in [-0.2, -0.15) is 16.7 Å². The van der Waals surface area contributed by atoms with Crippen molar-refractivity contribution >= 4 is 17.8 Å². The minimum absolute atomic E-state index is 0.0496. The smallest absolute Gasteiger partial charge is 0.319 e. The highest BCUT2D eigenvalue weighted by atomic mass is 32.2. The Labute approximate surface area is 117 Å². The fraction of sp³-hybridized carbons (Fsp3) is 0.750. The fourth-order valence-corrected chi connectivity index (χ4v) is 2.63. The number of carbonyl (C=O) groups excluding carboxylic acids is 1. The molecule has 1 saturated heterocycles. The molecule has 1 aromatic heterocycles. The fourth-order valence-electron chi connectivity index (χ4n) is 2.26. The summed E-state index contributed by atoms with van der Waals surface area (Å²) < 4.78 is 5.32. The number of amides is 2. The summed E-state index contributed by atoms with van der Waals surface area (Å²) in [7, 11) is 3.55. The minimum Gasteiger partial charge on any atom is -0.339 e. The molecule has 0 radical (unpaired) electrons. The Morgan fingerprint density at radius 1 is 1.58 bits per heavy atom. The molecule has 1 aliphatic rings. The van der Waals surface area contributed by atoms with Crippen LogP contribution in [-0.4, -0.2) is 59.4 Å². The van der Waals surface area contributed by atoms with Gasteiger partial charge >= 0.3 is 6.03 Å². The Morgan fingerprint density at radius 3 is 3.05 bits per heavy atom. The Bertz CT molecular complexity index is 435. The van der Waals surface area contributed by atoms with Gasteiger partial charge in [0.25, 0.3) is 0 Å². The van der Waals surface area contributed by atoms with Crippen LogP contribution in [0.25, 0.3) is 0 Å². The lowest BCUT2D eigenvalue weighted by molar-refractivity contribution is 0.149. The van der Waals surface area contributed by atoms with E-state index < -0.39 is 0 Å². The Kier molecular flexibility index (Phi) is 4.68. The predicted octanol–water partition coefficient (Wildman–Crippen LogP) is 1.79. The molecule has 1 atom stereocenters. The number of likely N-dealkylation sites (tertiary alicyclic amines) is 1. The van der Waals surface area contributed by atoms with E-state index in [0.717, 1.165) is 31.0 Å². The molecule has 0 bridgehead atoms. The van der Waals surface area contributed by atoms with Crippen LogP contribution in [0.3, 0.4) is 0 Å². The molecule has 0 saturated carbocycles. The van der Waals surface area contributed by atoms with Gasteiger partial charge in [0.1, 0.15) is 0 Å². The molecule has 6 nitrogen and oxygen atoms in total. The largest absolute Gasteiger partial charge is 0.339 e. The first-order valence-corrected chi connectivity index (χ1v) is 7.79. The molecule has 1 aromatic rings. The van der Waals surface area contributed by atoms with Crippen molar-refractivity contribution < 1.29 is 9.32 Å². The summed E-state index contributed by atoms with van der Waals surface area (Å²) in [6.07, 6.45) is 3.98. The highest BCUT2D eigenvalue weighted by molar-refractivity contribution is 7.97. The third-order valence-electron chi connectivity index (χ3n) is 3.18. The van der Waals surface area contributed by atoms with Crippen molar-refractivity contribution in [3.8, 4) is 0 Å². The van der Waals surface area contributed by atoms with Crippen molar-refractivity contribution in [1.82, 2.24) is 19.9 Å². The van der Waals surface area contributed by atoms with E-state index in [1.807, 2.05) is 11.2 Å². The number of nitrogens with zero attached hydrogens (tertiary/aromatic N) is 4. The summed E-state index contributed by atoms with van der Waals surface area (Å²) in [6.45, 7) is 1.47. The van der Waals surface area contributed by atoms with Crippen molar-refractivity contribution in [2.24, 2.45) is 0 Å². The first-order chi connectivity index (χ1) is 9.11. The average molecular weight is 284 g/mol. The molecule has 0 spiro atoms. The van der Waals surface area contributed by atoms with Crippen LogP contribution >= 0.6 is 11.8 Å². The molecule has 2 rings (SSSR count). The van der Waals surface area contributed by atoms with Crippen LogP contribution in [0.5, 0.6) is 0 Å². The first kappa shape index (κ1) is 14.2.